The van der Waals surface area contributed by atoms with Gasteiger partial charge in [0, 0.05) is 5.39 Å². The molecule has 0 saturated carbocycles. The van der Waals surface area contributed by atoms with E-state index in [2.05, 4.69) is 15.3 Å². The van der Waals surface area contributed by atoms with Crippen LogP contribution in [0.1, 0.15) is 5.69 Å². The molecule has 0 aliphatic carbocycles. The van der Waals surface area contributed by atoms with Crippen molar-refractivity contribution < 1.29 is 4.74 Å². The number of aromatic amines is 1. The first-order valence-electron chi connectivity index (χ1n) is 9.03. The summed E-state index contributed by atoms with van der Waals surface area (Å²) in [7, 11) is 1.58. The highest BCUT2D eigenvalue weighted by atomic mass is 32.1. The third kappa shape index (κ3) is 2.76. The first-order valence-corrected chi connectivity index (χ1v) is 9.85. The molecule has 0 amide bonds. The van der Waals surface area contributed by atoms with Gasteiger partial charge in [-0.2, -0.15) is 10.2 Å². The molecular weight excluding hydrogens is 386 g/mol. The number of fused-ring (bicyclic) bond motifs is 1. The molecule has 0 fully saturated rings. The van der Waals surface area contributed by atoms with E-state index in [-0.39, 0.29) is 5.69 Å². The van der Waals surface area contributed by atoms with Crippen molar-refractivity contribution >= 4 is 21.6 Å². The van der Waals surface area contributed by atoms with Crippen LogP contribution < -0.4 is 10.4 Å². The molecule has 0 spiro atoms. The second kappa shape index (κ2) is 6.75. The van der Waals surface area contributed by atoms with Gasteiger partial charge in [0.1, 0.15) is 10.6 Å². The molecule has 0 bridgehead atoms. The minimum Gasteiger partial charge on any atom is -0.495 e. The van der Waals surface area contributed by atoms with E-state index in [0.29, 0.717) is 17.3 Å². The van der Waals surface area contributed by atoms with Gasteiger partial charge in [-0.3, -0.25) is 0 Å². The molecule has 5 aromatic rings. The Labute approximate surface area is 169 Å². The highest BCUT2D eigenvalue weighted by Gasteiger charge is 2.20. The maximum absolute atomic E-state index is 12.6. The molecule has 0 unspecified atom stereocenters. The molecule has 0 saturated heterocycles. The largest absolute Gasteiger partial charge is 0.495 e. The number of thiophene rings is 1. The zero-order chi connectivity index (χ0) is 20.0. The van der Waals surface area contributed by atoms with E-state index in [0.717, 1.165) is 26.5 Å². The quantitative estimate of drug-likeness (QED) is 0.493. The summed E-state index contributed by atoms with van der Waals surface area (Å²) in [5.74, 6) is 1.14. The monoisotopic (exact) mass is 403 g/mol. The second-order valence-corrected chi connectivity index (χ2v) is 7.55. The molecule has 144 valence electrons. The third-order valence-electron chi connectivity index (χ3n) is 4.76. The number of aryl methyl sites for hydroxylation is 1. The first kappa shape index (κ1) is 17.4. The highest BCUT2D eigenvalue weighted by Crippen LogP contribution is 2.36. The van der Waals surface area contributed by atoms with E-state index >= 15 is 0 Å². The van der Waals surface area contributed by atoms with E-state index in [1.165, 1.54) is 0 Å². The zero-order valence-electron chi connectivity index (χ0n) is 15.8. The van der Waals surface area contributed by atoms with Crippen molar-refractivity contribution in [2.75, 3.05) is 7.11 Å². The van der Waals surface area contributed by atoms with Crippen LogP contribution in [-0.2, 0) is 0 Å². The SMILES string of the molecule is COc1ccccc1-n1c(-c2cc3c(C)nn(-c4ccccc4)c3s2)n[nH]c1=O. The topological polar surface area (TPSA) is 77.7 Å². The van der Waals surface area contributed by atoms with Gasteiger partial charge in [0.25, 0.3) is 0 Å². The molecule has 0 aliphatic heterocycles. The number of nitrogens with zero attached hydrogens (tertiary/aromatic N) is 4. The number of hydrogen-bond acceptors (Lipinski definition) is 5. The minimum atomic E-state index is -0.316. The van der Waals surface area contributed by atoms with Gasteiger partial charge in [0.2, 0.25) is 0 Å². The van der Waals surface area contributed by atoms with Crippen LogP contribution in [0.25, 0.3) is 32.3 Å². The Kier molecular flexibility index (Phi) is 4.06. The van der Waals surface area contributed by atoms with Crippen LogP contribution in [-0.4, -0.2) is 31.7 Å². The molecule has 0 radical (unpaired) electrons. The Bertz CT molecular complexity index is 1380. The van der Waals surface area contributed by atoms with Gasteiger partial charge in [0.05, 0.1) is 29.1 Å². The summed E-state index contributed by atoms with van der Waals surface area (Å²) in [5.41, 5.74) is 2.24. The zero-order valence-corrected chi connectivity index (χ0v) is 16.6. The van der Waals surface area contributed by atoms with Crippen LogP contribution in [0.5, 0.6) is 5.75 Å². The fraction of sp³-hybridized carbons (Fsp3) is 0.0952. The Morgan fingerprint density at radius 3 is 2.62 bits per heavy atom. The number of hydrogen-bond donors (Lipinski definition) is 1. The second-order valence-electron chi connectivity index (χ2n) is 6.52. The molecule has 3 heterocycles. The first-order chi connectivity index (χ1) is 14.2. The standard InChI is InChI=1S/C21H17N5O2S/c1-13-15-12-18(29-20(15)26(24-13)14-8-4-3-5-9-14)19-22-23-21(27)25(19)16-10-6-7-11-17(16)28-2/h3-12H,1-2H3,(H,23,27). The summed E-state index contributed by atoms with van der Waals surface area (Å²) in [6.45, 7) is 1.98. The van der Waals surface area contributed by atoms with Crippen molar-refractivity contribution in [3.8, 4) is 27.8 Å². The summed E-state index contributed by atoms with van der Waals surface area (Å²) < 4.78 is 8.91. The van der Waals surface area contributed by atoms with Gasteiger partial charge in [-0.05, 0) is 37.3 Å². The fourth-order valence-electron chi connectivity index (χ4n) is 3.40. The number of nitrogens with one attached hydrogen (secondary N) is 1. The summed E-state index contributed by atoms with van der Waals surface area (Å²) in [4.78, 5) is 14.4. The maximum atomic E-state index is 12.6. The molecule has 2 aromatic carbocycles. The van der Waals surface area contributed by atoms with Crippen molar-refractivity contribution in [2.24, 2.45) is 0 Å². The van der Waals surface area contributed by atoms with Crippen LogP contribution in [0.4, 0.5) is 0 Å². The average Bonchev–Trinajstić information content (AvgIpc) is 3.43. The lowest BCUT2D eigenvalue weighted by Crippen LogP contribution is -2.16. The molecule has 3 aromatic heterocycles. The number of aromatic nitrogens is 5. The lowest BCUT2D eigenvalue weighted by Gasteiger charge is -2.09. The van der Waals surface area contributed by atoms with Crippen LogP contribution in [0.3, 0.4) is 0 Å². The van der Waals surface area contributed by atoms with E-state index in [4.69, 9.17) is 4.74 Å². The lowest BCUT2D eigenvalue weighted by atomic mass is 10.2. The number of rotatable bonds is 4. The van der Waals surface area contributed by atoms with Gasteiger partial charge in [-0.25, -0.2) is 19.1 Å². The molecule has 0 atom stereocenters. The van der Waals surface area contributed by atoms with Gasteiger partial charge in [0.15, 0.2) is 5.82 Å². The molecule has 29 heavy (non-hydrogen) atoms. The summed E-state index contributed by atoms with van der Waals surface area (Å²) in [5, 5.41) is 12.6. The Morgan fingerprint density at radius 2 is 1.83 bits per heavy atom. The van der Waals surface area contributed by atoms with Crippen LogP contribution in [0.15, 0.2) is 65.5 Å². The minimum absolute atomic E-state index is 0.316. The van der Waals surface area contributed by atoms with Crippen LogP contribution >= 0.6 is 11.3 Å². The van der Waals surface area contributed by atoms with Crippen molar-refractivity contribution in [1.82, 2.24) is 24.5 Å². The Morgan fingerprint density at radius 1 is 1.07 bits per heavy atom. The van der Waals surface area contributed by atoms with Crippen molar-refractivity contribution in [3.63, 3.8) is 0 Å². The number of ether oxygens (including phenoxy) is 1. The summed E-state index contributed by atoms with van der Waals surface area (Å²) in [6, 6.07) is 19.4. The number of para-hydroxylation sites is 3. The van der Waals surface area contributed by atoms with Crippen molar-refractivity contribution in [1.29, 1.82) is 0 Å². The maximum Gasteiger partial charge on any atom is 0.348 e. The molecule has 0 aliphatic rings. The van der Waals surface area contributed by atoms with Gasteiger partial charge < -0.3 is 4.74 Å². The molecule has 5 rings (SSSR count). The van der Waals surface area contributed by atoms with Gasteiger partial charge in [-0.15, -0.1) is 11.3 Å². The molecule has 7 nitrogen and oxygen atoms in total. The van der Waals surface area contributed by atoms with Crippen LogP contribution in [0.2, 0.25) is 0 Å². The van der Waals surface area contributed by atoms with Crippen molar-refractivity contribution in [3.05, 3.63) is 76.8 Å². The average molecular weight is 403 g/mol. The normalized spacial score (nSPS) is 11.2. The predicted octanol–water partition coefficient (Wildman–Crippen LogP) is 3.95. The lowest BCUT2D eigenvalue weighted by molar-refractivity contribution is 0.412. The van der Waals surface area contributed by atoms with Crippen LogP contribution in [0, 0.1) is 6.92 Å². The van der Waals surface area contributed by atoms with Gasteiger partial charge >= 0.3 is 5.69 Å². The van der Waals surface area contributed by atoms with Gasteiger partial charge in [-0.1, -0.05) is 30.3 Å². The Balaban J connectivity index is 1.72. The Hall–Kier alpha value is -3.65. The molecule has 1 N–H and O–H groups in total. The third-order valence-corrected chi connectivity index (χ3v) is 5.87. The number of H-pyrrole nitrogens is 1. The predicted molar refractivity (Wildman–Crippen MR) is 113 cm³/mol. The number of benzene rings is 2. The summed E-state index contributed by atoms with van der Waals surface area (Å²) >= 11 is 1.55. The van der Waals surface area contributed by atoms with E-state index in [1.807, 2.05) is 72.3 Å². The number of methoxy groups -OCH3 is 1. The van der Waals surface area contributed by atoms with E-state index < -0.39 is 0 Å². The molecular formula is C21H17N5O2S. The smallest absolute Gasteiger partial charge is 0.348 e. The van der Waals surface area contributed by atoms with E-state index in [9.17, 15) is 4.79 Å². The molecule has 8 heteroatoms. The highest BCUT2D eigenvalue weighted by molar-refractivity contribution is 7.21. The van der Waals surface area contributed by atoms with E-state index in [1.54, 1.807) is 23.0 Å². The summed E-state index contributed by atoms with van der Waals surface area (Å²) in [6.07, 6.45) is 0. The van der Waals surface area contributed by atoms with Crippen molar-refractivity contribution in [2.45, 2.75) is 6.92 Å². The fourth-order valence-corrected chi connectivity index (χ4v) is 4.56.